The van der Waals surface area contributed by atoms with Gasteiger partial charge in [0.15, 0.2) is 11.5 Å². The molecule has 1 fully saturated rings. The van der Waals surface area contributed by atoms with Gasteiger partial charge in [0.25, 0.3) is 0 Å². The van der Waals surface area contributed by atoms with E-state index >= 15 is 0 Å². The van der Waals surface area contributed by atoms with Crippen LogP contribution in [0.3, 0.4) is 0 Å². The first-order valence-electron chi connectivity index (χ1n) is 6.82. The molecule has 98 valence electrons. The van der Waals surface area contributed by atoms with E-state index in [4.69, 9.17) is 9.47 Å². The summed E-state index contributed by atoms with van der Waals surface area (Å²) < 4.78 is 11.0. The molecule has 0 unspecified atom stereocenters. The lowest BCUT2D eigenvalue weighted by atomic mass is 9.75. The molecule has 1 heterocycles. The molecule has 0 amide bonds. The molecule has 3 heteroatoms. The molecule has 0 saturated carbocycles. The minimum absolute atomic E-state index is 0.655. The Balaban J connectivity index is 2.04. The zero-order valence-electron chi connectivity index (χ0n) is 11.2. The summed E-state index contributed by atoms with van der Waals surface area (Å²) in [6.45, 7) is 1.17. The Labute approximate surface area is 108 Å². The monoisotopic (exact) mass is 247 g/mol. The third-order valence-corrected chi connectivity index (χ3v) is 4.37. The van der Waals surface area contributed by atoms with E-state index in [0.717, 1.165) is 17.9 Å². The predicted octanol–water partition coefficient (Wildman–Crippen LogP) is 2.49. The van der Waals surface area contributed by atoms with Gasteiger partial charge in [-0.3, -0.25) is 0 Å². The number of rotatable bonds is 2. The van der Waals surface area contributed by atoms with Gasteiger partial charge in [-0.1, -0.05) is 6.07 Å². The van der Waals surface area contributed by atoms with Crippen LogP contribution in [0.15, 0.2) is 12.1 Å². The van der Waals surface area contributed by atoms with E-state index in [1.54, 1.807) is 14.2 Å². The Morgan fingerprint density at radius 1 is 1.17 bits per heavy atom. The highest BCUT2D eigenvalue weighted by molar-refractivity contribution is 5.53. The molecule has 1 N–H and O–H groups in total. The second-order valence-electron chi connectivity index (χ2n) is 5.22. The molecule has 1 aliphatic carbocycles. The fourth-order valence-corrected chi connectivity index (χ4v) is 3.54. The van der Waals surface area contributed by atoms with Crippen molar-refractivity contribution in [1.29, 1.82) is 0 Å². The second kappa shape index (κ2) is 4.81. The lowest BCUT2D eigenvalue weighted by Crippen LogP contribution is -2.42. The first kappa shape index (κ1) is 11.8. The molecule has 1 aromatic rings. The van der Waals surface area contributed by atoms with Gasteiger partial charge in [-0.25, -0.2) is 0 Å². The third kappa shape index (κ3) is 1.77. The van der Waals surface area contributed by atoms with Crippen LogP contribution in [0.4, 0.5) is 0 Å². The van der Waals surface area contributed by atoms with E-state index in [1.165, 1.54) is 36.9 Å². The van der Waals surface area contributed by atoms with Crippen LogP contribution >= 0.6 is 0 Å². The maximum absolute atomic E-state index is 5.57. The second-order valence-corrected chi connectivity index (χ2v) is 5.22. The number of benzene rings is 1. The largest absolute Gasteiger partial charge is 0.493 e. The van der Waals surface area contributed by atoms with Crippen LogP contribution in [0.25, 0.3) is 0 Å². The predicted molar refractivity (Wildman–Crippen MR) is 71.6 cm³/mol. The van der Waals surface area contributed by atoms with Gasteiger partial charge in [0.05, 0.1) is 14.2 Å². The quantitative estimate of drug-likeness (QED) is 0.871. The summed E-state index contributed by atoms with van der Waals surface area (Å²) in [6.07, 6.45) is 4.86. The van der Waals surface area contributed by atoms with Crippen LogP contribution in [0.2, 0.25) is 0 Å². The molecule has 18 heavy (non-hydrogen) atoms. The summed E-state index contributed by atoms with van der Waals surface area (Å²) in [7, 11) is 3.45. The Morgan fingerprint density at radius 3 is 2.83 bits per heavy atom. The van der Waals surface area contributed by atoms with E-state index < -0.39 is 0 Å². The number of piperidine rings is 1. The van der Waals surface area contributed by atoms with Gasteiger partial charge in [-0.15, -0.1) is 0 Å². The van der Waals surface area contributed by atoms with Crippen LogP contribution in [0.1, 0.15) is 36.3 Å². The zero-order valence-corrected chi connectivity index (χ0v) is 11.2. The summed E-state index contributed by atoms with van der Waals surface area (Å²) >= 11 is 0. The van der Waals surface area contributed by atoms with Crippen molar-refractivity contribution in [2.75, 3.05) is 20.8 Å². The smallest absolute Gasteiger partial charge is 0.164 e. The maximum atomic E-state index is 5.57. The SMILES string of the molecule is COc1ccc2c(c1OC)CC[C@@H]1NCCC[C@@H]21. The molecule has 3 nitrogen and oxygen atoms in total. The van der Waals surface area contributed by atoms with Crippen molar-refractivity contribution in [2.24, 2.45) is 0 Å². The van der Waals surface area contributed by atoms with Gasteiger partial charge in [0.2, 0.25) is 0 Å². The van der Waals surface area contributed by atoms with Gasteiger partial charge in [-0.2, -0.15) is 0 Å². The van der Waals surface area contributed by atoms with E-state index in [1.807, 2.05) is 0 Å². The first-order valence-corrected chi connectivity index (χ1v) is 6.82. The molecular weight excluding hydrogens is 226 g/mol. The van der Waals surface area contributed by atoms with Gasteiger partial charge >= 0.3 is 0 Å². The summed E-state index contributed by atoms with van der Waals surface area (Å²) in [6, 6.07) is 4.94. The molecule has 0 aromatic heterocycles. The number of methoxy groups -OCH3 is 2. The first-order chi connectivity index (χ1) is 8.85. The van der Waals surface area contributed by atoms with Gasteiger partial charge in [-0.05, 0) is 49.8 Å². The van der Waals surface area contributed by atoms with Crippen molar-refractivity contribution in [3.05, 3.63) is 23.3 Å². The molecule has 1 aliphatic heterocycles. The Bertz CT molecular complexity index is 444. The van der Waals surface area contributed by atoms with Crippen LogP contribution in [-0.4, -0.2) is 26.8 Å². The maximum Gasteiger partial charge on any atom is 0.164 e. The molecule has 3 rings (SSSR count). The number of ether oxygens (including phenoxy) is 2. The molecule has 1 aromatic carbocycles. The zero-order chi connectivity index (χ0) is 12.5. The molecule has 0 radical (unpaired) electrons. The molecule has 2 atom stereocenters. The number of hydrogen-bond donors (Lipinski definition) is 1. The average Bonchev–Trinajstić information content (AvgIpc) is 2.45. The van der Waals surface area contributed by atoms with Gasteiger partial charge in [0, 0.05) is 11.6 Å². The Hall–Kier alpha value is -1.22. The molecule has 2 aliphatic rings. The van der Waals surface area contributed by atoms with Crippen molar-refractivity contribution in [1.82, 2.24) is 5.32 Å². The highest BCUT2D eigenvalue weighted by atomic mass is 16.5. The highest BCUT2D eigenvalue weighted by Gasteiger charge is 2.33. The fourth-order valence-electron chi connectivity index (χ4n) is 3.54. The van der Waals surface area contributed by atoms with Crippen LogP contribution < -0.4 is 14.8 Å². The number of hydrogen-bond acceptors (Lipinski definition) is 3. The van der Waals surface area contributed by atoms with E-state index in [0.29, 0.717) is 12.0 Å². The molecular formula is C15H21NO2. The van der Waals surface area contributed by atoms with E-state index in [-0.39, 0.29) is 0 Å². The van der Waals surface area contributed by atoms with Crippen LogP contribution in [-0.2, 0) is 6.42 Å². The number of fused-ring (bicyclic) bond motifs is 3. The molecule has 0 spiro atoms. The molecule has 1 saturated heterocycles. The van der Waals surface area contributed by atoms with Gasteiger partial charge < -0.3 is 14.8 Å². The lowest BCUT2D eigenvalue weighted by Gasteiger charge is -2.38. The normalized spacial score (nSPS) is 26.1. The summed E-state index contributed by atoms with van der Waals surface area (Å²) in [5.41, 5.74) is 2.83. The Morgan fingerprint density at radius 2 is 2.06 bits per heavy atom. The fraction of sp³-hybridized carbons (Fsp3) is 0.600. The molecule has 0 bridgehead atoms. The van der Waals surface area contributed by atoms with E-state index in [2.05, 4.69) is 17.4 Å². The van der Waals surface area contributed by atoms with Crippen molar-refractivity contribution < 1.29 is 9.47 Å². The summed E-state index contributed by atoms with van der Waals surface area (Å²) in [5.74, 6) is 2.46. The standard InChI is InChI=1S/C15H21NO2/c1-17-14-8-6-10-11-4-3-9-16-13(11)7-5-12(10)15(14)18-2/h6,8,11,13,16H,3-5,7,9H2,1-2H3/t11-,13-/m0/s1. The minimum Gasteiger partial charge on any atom is -0.493 e. The Kier molecular flexibility index (Phi) is 3.16. The van der Waals surface area contributed by atoms with Crippen LogP contribution in [0.5, 0.6) is 11.5 Å². The highest BCUT2D eigenvalue weighted by Crippen LogP contribution is 2.44. The summed E-state index contributed by atoms with van der Waals surface area (Å²) in [5, 5.41) is 3.66. The lowest BCUT2D eigenvalue weighted by molar-refractivity contribution is 0.307. The number of nitrogens with one attached hydrogen (secondary N) is 1. The van der Waals surface area contributed by atoms with Crippen LogP contribution in [0, 0.1) is 0 Å². The van der Waals surface area contributed by atoms with Crippen molar-refractivity contribution >= 4 is 0 Å². The minimum atomic E-state index is 0.655. The average molecular weight is 247 g/mol. The topological polar surface area (TPSA) is 30.5 Å². The third-order valence-electron chi connectivity index (χ3n) is 4.37. The van der Waals surface area contributed by atoms with E-state index in [9.17, 15) is 0 Å². The van der Waals surface area contributed by atoms with Crippen molar-refractivity contribution in [2.45, 2.75) is 37.6 Å². The van der Waals surface area contributed by atoms with Gasteiger partial charge in [0.1, 0.15) is 0 Å². The van der Waals surface area contributed by atoms with Crippen molar-refractivity contribution in [3.8, 4) is 11.5 Å². The summed E-state index contributed by atoms with van der Waals surface area (Å²) in [4.78, 5) is 0. The van der Waals surface area contributed by atoms with Crippen molar-refractivity contribution in [3.63, 3.8) is 0 Å².